The zero-order valence-corrected chi connectivity index (χ0v) is 13.2. The molecule has 1 unspecified atom stereocenters. The van der Waals surface area contributed by atoms with Crippen molar-refractivity contribution in [2.45, 2.75) is 32.2 Å². The predicted octanol–water partition coefficient (Wildman–Crippen LogP) is 4.27. The lowest BCUT2D eigenvalue weighted by Crippen LogP contribution is -2.34. The zero-order chi connectivity index (χ0) is 15.2. The van der Waals surface area contributed by atoms with Gasteiger partial charge in [-0.1, -0.05) is 29.3 Å². The van der Waals surface area contributed by atoms with Gasteiger partial charge in [0.15, 0.2) is 0 Å². The van der Waals surface area contributed by atoms with Crippen molar-refractivity contribution in [2.24, 2.45) is 0 Å². The highest BCUT2D eigenvalue weighted by Crippen LogP contribution is 2.21. The second-order valence-electron chi connectivity index (χ2n) is 5.00. The van der Waals surface area contributed by atoms with E-state index in [9.17, 15) is 4.79 Å². The third kappa shape index (κ3) is 5.10. The van der Waals surface area contributed by atoms with Gasteiger partial charge in [0.25, 0.3) is 0 Å². The lowest BCUT2D eigenvalue weighted by atomic mass is 10.1. The van der Waals surface area contributed by atoms with Crippen LogP contribution in [0.15, 0.2) is 41.0 Å². The lowest BCUT2D eigenvalue weighted by Gasteiger charge is -2.13. The molecule has 0 aliphatic heterocycles. The first-order valence-electron chi connectivity index (χ1n) is 6.80. The molecule has 1 atom stereocenters. The highest BCUT2D eigenvalue weighted by Gasteiger charge is 2.11. The molecule has 0 radical (unpaired) electrons. The summed E-state index contributed by atoms with van der Waals surface area (Å²) in [6, 6.07) is 9.03. The Kier molecular flexibility index (Phi) is 5.71. The van der Waals surface area contributed by atoms with E-state index in [0.29, 0.717) is 10.0 Å². The number of benzene rings is 1. The largest absolute Gasteiger partial charge is 0.469 e. The van der Waals surface area contributed by atoms with Crippen LogP contribution in [0.5, 0.6) is 0 Å². The van der Waals surface area contributed by atoms with Gasteiger partial charge >= 0.3 is 0 Å². The van der Waals surface area contributed by atoms with Gasteiger partial charge in [-0.15, -0.1) is 0 Å². The Balaban J connectivity index is 1.80. The number of carbonyl (C=O) groups is 1. The Morgan fingerprint density at radius 1 is 1.33 bits per heavy atom. The quantitative estimate of drug-likeness (QED) is 0.861. The number of furan rings is 1. The summed E-state index contributed by atoms with van der Waals surface area (Å²) in [5, 5.41) is 4.04. The van der Waals surface area contributed by atoms with Crippen LogP contribution in [0.2, 0.25) is 10.0 Å². The normalized spacial score (nSPS) is 12.1. The monoisotopic (exact) mass is 325 g/mol. The van der Waals surface area contributed by atoms with E-state index in [1.165, 1.54) is 0 Å². The summed E-state index contributed by atoms with van der Waals surface area (Å²) in [5.74, 6) is 0.878. The molecule has 5 heteroatoms. The van der Waals surface area contributed by atoms with Gasteiger partial charge in [-0.25, -0.2) is 0 Å². The second kappa shape index (κ2) is 7.53. The highest BCUT2D eigenvalue weighted by molar-refractivity contribution is 6.35. The van der Waals surface area contributed by atoms with Crippen LogP contribution in [-0.4, -0.2) is 11.9 Å². The summed E-state index contributed by atoms with van der Waals surface area (Å²) in [6.07, 6.45) is 3.53. The van der Waals surface area contributed by atoms with Crippen molar-refractivity contribution >= 4 is 29.1 Å². The van der Waals surface area contributed by atoms with E-state index in [4.69, 9.17) is 27.6 Å². The Morgan fingerprint density at radius 3 is 2.81 bits per heavy atom. The molecular formula is C16H17Cl2NO2. The summed E-state index contributed by atoms with van der Waals surface area (Å²) in [6.45, 7) is 1.98. The van der Waals surface area contributed by atoms with Gasteiger partial charge in [0, 0.05) is 22.5 Å². The molecule has 1 aromatic carbocycles. The summed E-state index contributed by atoms with van der Waals surface area (Å²) in [7, 11) is 0. The second-order valence-corrected chi connectivity index (χ2v) is 5.84. The molecule has 0 aliphatic rings. The molecule has 112 valence electrons. The average Bonchev–Trinajstić information content (AvgIpc) is 2.93. The number of aryl methyl sites for hydroxylation is 1. The first-order valence-corrected chi connectivity index (χ1v) is 7.56. The molecule has 1 amide bonds. The lowest BCUT2D eigenvalue weighted by molar-refractivity contribution is -0.121. The number of hydrogen-bond acceptors (Lipinski definition) is 2. The molecule has 21 heavy (non-hydrogen) atoms. The van der Waals surface area contributed by atoms with Crippen LogP contribution in [0.1, 0.15) is 24.7 Å². The highest BCUT2D eigenvalue weighted by atomic mass is 35.5. The van der Waals surface area contributed by atoms with Crippen LogP contribution < -0.4 is 5.32 Å². The Labute approximate surface area is 134 Å². The minimum atomic E-state index is -0.0498. The van der Waals surface area contributed by atoms with Crippen LogP contribution in [-0.2, 0) is 17.6 Å². The number of halogens is 2. The third-order valence-electron chi connectivity index (χ3n) is 3.18. The summed E-state index contributed by atoms with van der Waals surface area (Å²) < 4.78 is 5.27. The maximum Gasteiger partial charge on any atom is 0.224 e. The fourth-order valence-corrected chi connectivity index (χ4v) is 2.52. The van der Waals surface area contributed by atoms with Crippen molar-refractivity contribution in [3.05, 3.63) is 58.0 Å². The molecule has 3 nitrogen and oxygen atoms in total. The van der Waals surface area contributed by atoms with E-state index in [1.54, 1.807) is 24.5 Å². The minimum Gasteiger partial charge on any atom is -0.469 e. The molecule has 0 saturated heterocycles. The SMILES string of the molecule is CC(CCc1ccco1)NC(=O)Cc1ccc(Cl)cc1Cl. The summed E-state index contributed by atoms with van der Waals surface area (Å²) >= 11 is 11.9. The predicted molar refractivity (Wildman–Crippen MR) is 84.8 cm³/mol. The molecule has 1 heterocycles. The standard InChI is InChI=1S/C16H17Cl2NO2/c1-11(4-7-14-3-2-8-21-14)19-16(20)9-12-5-6-13(17)10-15(12)18/h2-3,5-6,8,10-11H,4,7,9H2,1H3,(H,19,20). The van der Waals surface area contributed by atoms with E-state index in [1.807, 2.05) is 19.1 Å². The Hall–Kier alpha value is -1.45. The third-order valence-corrected chi connectivity index (χ3v) is 3.76. The van der Waals surface area contributed by atoms with Gasteiger partial charge in [0.2, 0.25) is 5.91 Å². The van der Waals surface area contributed by atoms with Crippen LogP contribution in [0.4, 0.5) is 0 Å². The van der Waals surface area contributed by atoms with Crippen LogP contribution in [0.25, 0.3) is 0 Å². The fourth-order valence-electron chi connectivity index (χ4n) is 2.05. The number of rotatable bonds is 6. The van der Waals surface area contributed by atoms with E-state index >= 15 is 0 Å². The fraction of sp³-hybridized carbons (Fsp3) is 0.312. The van der Waals surface area contributed by atoms with Crippen molar-refractivity contribution in [1.29, 1.82) is 0 Å². The number of amides is 1. The van der Waals surface area contributed by atoms with E-state index in [0.717, 1.165) is 24.2 Å². The number of nitrogens with one attached hydrogen (secondary N) is 1. The smallest absolute Gasteiger partial charge is 0.224 e. The maximum absolute atomic E-state index is 12.0. The van der Waals surface area contributed by atoms with E-state index < -0.39 is 0 Å². The minimum absolute atomic E-state index is 0.0498. The molecular weight excluding hydrogens is 309 g/mol. The Bertz CT molecular complexity index is 596. The number of hydrogen-bond donors (Lipinski definition) is 1. The molecule has 1 aromatic heterocycles. The molecule has 0 bridgehead atoms. The topological polar surface area (TPSA) is 42.2 Å². The van der Waals surface area contributed by atoms with E-state index in [-0.39, 0.29) is 18.4 Å². The van der Waals surface area contributed by atoms with Crippen molar-refractivity contribution < 1.29 is 9.21 Å². The molecule has 1 N–H and O–H groups in total. The van der Waals surface area contributed by atoms with Crippen molar-refractivity contribution in [3.63, 3.8) is 0 Å². The molecule has 0 fully saturated rings. The molecule has 0 aliphatic carbocycles. The molecule has 0 saturated carbocycles. The molecule has 2 rings (SSSR count). The summed E-state index contributed by atoms with van der Waals surface area (Å²) in [5.41, 5.74) is 0.775. The average molecular weight is 326 g/mol. The molecule has 0 spiro atoms. The first-order chi connectivity index (χ1) is 10.0. The number of carbonyl (C=O) groups excluding carboxylic acids is 1. The van der Waals surface area contributed by atoms with Gasteiger partial charge in [-0.3, -0.25) is 4.79 Å². The van der Waals surface area contributed by atoms with Gasteiger partial charge in [0.05, 0.1) is 12.7 Å². The molecule has 2 aromatic rings. The van der Waals surface area contributed by atoms with Crippen LogP contribution in [0.3, 0.4) is 0 Å². The van der Waals surface area contributed by atoms with Crippen molar-refractivity contribution in [3.8, 4) is 0 Å². The van der Waals surface area contributed by atoms with Gasteiger partial charge in [-0.05, 0) is 43.2 Å². The van der Waals surface area contributed by atoms with Gasteiger partial charge in [0.1, 0.15) is 5.76 Å². The van der Waals surface area contributed by atoms with Gasteiger partial charge in [-0.2, -0.15) is 0 Å². The van der Waals surface area contributed by atoms with E-state index in [2.05, 4.69) is 5.32 Å². The summed E-state index contributed by atoms with van der Waals surface area (Å²) in [4.78, 5) is 12.0. The van der Waals surface area contributed by atoms with Crippen LogP contribution in [0, 0.1) is 0 Å². The Morgan fingerprint density at radius 2 is 2.14 bits per heavy atom. The first kappa shape index (κ1) is 15.9. The van der Waals surface area contributed by atoms with Gasteiger partial charge < -0.3 is 9.73 Å². The van der Waals surface area contributed by atoms with Crippen molar-refractivity contribution in [2.75, 3.05) is 0 Å². The van der Waals surface area contributed by atoms with Crippen molar-refractivity contribution in [1.82, 2.24) is 5.32 Å². The zero-order valence-electron chi connectivity index (χ0n) is 11.7. The van der Waals surface area contributed by atoms with Crippen LogP contribution >= 0.6 is 23.2 Å². The maximum atomic E-state index is 12.0.